The summed E-state index contributed by atoms with van der Waals surface area (Å²) < 4.78 is 12.6. The van der Waals surface area contributed by atoms with Crippen molar-refractivity contribution in [3.63, 3.8) is 0 Å². The third-order valence-electron chi connectivity index (χ3n) is 4.52. The van der Waals surface area contributed by atoms with Gasteiger partial charge in [-0.1, -0.05) is 12.1 Å². The zero-order valence-electron chi connectivity index (χ0n) is 14.3. The first kappa shape index (κ1) is 17.7. The largest absolute Gasteiger partial charge is 0.507 e. The van der Waals surface area contributed by atoms with Crippen LogP contribution in [0.1, 0.15) is 43.1 Å². The summed E-state index contributed by atoms with van der Waals surface area (Å²) in [7, 11) is -0.589. The molecule has 0 saturated carbocycles. The highest BCUT2D eigenvalue weighted by Gasteiger charge is 2.52. The maximum atomic E-state index is 12.5. The van der Waals surface area contributed by atoms with Gasteiger partial charge in [0, 0.05) is 23.9 Å². The topological polar surface area (TPSA) is 91.6 Å². The number of nitro groups is 1. The van der Waals surface area contributed by atoms with E-state index in [2.05, 4.69) is 4.98 Å². The number of benzene rings is 1. The molecule has 2 aromatic rings. The van der Waals surface area contributed by atoms with Crippen LogP contribution in [0.5, 0.6) is 0 Å². The molecular weight excluding hydrogens is 343 g/mol. The number of carbonyl (C=O) groups is 1. The van der Waals surface area contributed by atoms with Crippen molar-refractivity contribution in [1.82, 2.24) is 4.98 Å². The number of hydrogen-bond acceptors (Lipinski definition) is 7. The van der Waals surface area contributed by atoms with Crippen LogP contribution in [0.4, 0.5) is 5.69 Å². The Morgan fingerprint density at radius 3 is 2.48 bits per heavy atom. The Kier molecular flexibility index (Phi) is 4.26. The molecule has 0 unspecified atom stereocenters. The Labute approximate surface area is 149 Å². The maximum absolute atomic E-state index is 12.5. The molecule has 0 atom stereocenters. The molecular formula is C16H17BN2O5S. The highest BCUT2D eigenvalue weighted by molar-refractivity contribution is 7.23. The number of thiazole rings is 1. The molecule has 7 nitrogen and oxygen atoms in total. The summed E-state index contributed by atoms with van der Waals surface area (Å²) in [5, 5.41) is 11.1. The minimum Gasteiger partial charge on any atom is -0.399 e. The lowest BCUT2D eigenvalue weighted by molar-refractivity contribution is -0.384. The van der Waals surface area contributed by atoms with E-state index in [-0.39, 0.29) is 22.0 Å². The summed E-state index contributed by atoms with van der Waals surface area (Å²) in [4.78, 5) is 27.0. The van der Waals surface area contributed by atoms with Crippen molar-refractivity contribution >= 4 is 34.7 Å². The van der Waals surface area contributed by atoms with Gasteiger partial charge in [-0.2, -0.15) is 0 Å². The Hall–Kier alpha value is -2.10. The molecule has 1 saturated heterocycles. The van der Waals surface area contributed by atoms with E-state index in [0.29, 0.717) is 4.78 Å². The van der Waals surface area contributed by atoms with Crippen LogP contribution in [0.25, 0.3) is 0 Å². The van der Waals surface area contributed by atoms with Crippen molar-refractivity contribution in [2.75, 3.05) is 0 Å². The third-order valence-corrected chi connectivity index (χ3v) is 5.54. The van der Waals surface area contributed by atoms with Crippen LogP contribution in [0.15, 0.2) is 30.5 Å². The Morgan fingerprint density at radius 2 is 1.88 bits per heavy atom. The van der Waals surface area contributed by atoms with E-state index >= 15 is 0 Å². The zero-order chi connectivity index (χ0) is 18.4. The fraction of sp³-hybridized carbons (Fsp3) is 0.375. The van der Waals surface area contributed by atoms with Crippen LogP contribution in [0, 0.1) is 10.1 Å². The molecule has 0 N–H and O–H groups in total. The van der Waals surface area contributed by atoms with E-state index < -0.39 is 23.2 Å². The highest BCUT2D eigenvalue weighted by atomic mass is 32.1. The lowest BCUT2D eigenvalue weighted by atomic mass is 9.89. The second-order valence-electron chi connectivity index (χ2n) is 6.79. The van der Waals surface area contributed by atoms with Gasteiger partial charge in [-0.15, -0.1) is 11.3 Å². The van der Waals surface area contributed by atoms with E-state index in [1.165, 1.54) is 35.6 Å². The smallest absolute Gasteiger partial charge is 0.399 e. The van der Waals surface area contributed by atoms with Gasteiger partial charge in [-0.05, 0) is 27.7 Å². The number of rotatable bonds is 4. The van der Waals surface area contributed by atoms with Gasteiger partial charge in [-0.3, -0.25) is 14.9 Å². The predicted molar refractivity (Wildman–Crippen MR) is 94.4 cm³/mol. The Bertz CT molecular complexity index is 833. The van der Waals surface area contributed by atoms with Gasteiger partial charge in [-0.25, -0.2) is 4.98 Å². The number of carbonyl (C=O) groups excluding carboxylic acids is 1. The summed E-state index contributed by atoms with van der Waals surface area (Å²) in [5.41, 5.74) is -0.866. The van der Waals surface area contributed by atoms with Crippen LogP contribution in [-0.2, 0) is 9.31 Å². The molecule has 0 aliphatic carbocycles. The molecule has 1 aromatic heterocycles. The van der Waals surface area contributed by atoms with Crippen molar-refractivity contribution < 1.29 is 19.0 Å². The number of nitro benzene ring substituents is 1. The highest BCUT2D eigenvalue weighted by Crippen LogP contribution is 2.36. The van der Waals surface area contributed by atoms with Gasteiger partial charge in [0.1, 0.15) is 0 Å². The van der Waals surface area contributed by atoms with E-state index in [4.69, 9.17) is 9.31 Å². The maximum Gasteiger partial charge on any atom is 0.507 e. The zero-order valence-corrected chi connectivity index (χ0v) is 15.1. The first-order valence-corrected chi connectivity index (χ1v) is 8.53. The predicted octanol–water partition coefficient (Wildman–Crippen LogP) is 2.58. The summed E-state index contributed by atoms with van der Waals surface area (Å²) in [6.07, 6.45) is 1.55. The van der Waals surface area contributed by atoms with E-state index in [1.54, 1.807) is 6.20 Å². The standard InChI is InChI=1S/C16H17BN2O5S/c1-15(2)16(3,4)24-17(23-15)12-9-18-14(25-12)13(20)10-6-5-7-11(8-10)19(21)22/h5-9H,1-4H3. The fourth-order valence-electron chi connectivity index (χ4n) is 2.34. The molecule has 25 heavy (non-hydrogen) atoms. The lowest BCUT2D eigenvalue weighted by Gasteiger charge is -2.32. The first-order valence-electron chi connectivity index (χ1n) is 7.71. The minimum atomic E-state index is -0.589. The molecule has 1 aliphatic rings. The van der Waals surface area contributed by atoms with Gasteiger partial charge in [0.15, 0.2) is 5.01 Å². The summed E-state index contributed by atoms with van der Waals surface area (Å²) in [5.74, 6) is -0.364. The molecule has 0 bridgehead atoms. The monoisotopic (exact) mass is 360 g/mol. The molecule has 0 amide bonds. The second kappa shape index (κ2) is 6.01. The third kappa shape index (κ3) is 3.22. The number of non-ortho nitro benzene ring substituents is 1. The van der Waals surface area contributed by atoms with Gasteiger partial charge in [0.05, 0.1) is 20.9 Å². The van der Waals surface area contributed by atoms with Crippen LogP contribution in [0.2, 0.25) is 0 Å². The molecule has 1 aromatic carbocycles. The Morgan fingerprint density at radius 1 is 1.24 bits per heavy atom. The molecule has 0 radical (unpaired) electrons. The Balaban J connectivity index is 1.84. The van der Waals surface area contributed by atoms with Crippen molar-refractivity contribution in [2.24, 2.45) is 0 Å². The summed E-state index contributed by atoms with van der Waals surface area (Å²) >= 11 is 1.17. The molecule has 2 heterocycles. The van der Waals surface area contributed by atoms with E-state index in [0.717, 1.165) is 0 Å². The molecule has 0 spiro atoms. The normalized spacial score (nSPS) is 18.3. The van der Waals surface area contributed by atoms with Crippen molar-refractivity contribution in [3.8, 4) is 0 Å². The van der Waals surface area contributed by atoms with Crippen LogP contribution >= 0.6 is 11.3 Å². The van der Waals surface area contributed by atoms with Crippen LogP contribution in [-0.4, -0.2) is 34.0 Å². The minimum absolute atomic E-state index is 0.131. The molecule has 1 fully saturated rings. The van der Waals surface area contributed by atoms with E-state index in [1.807, 2.05) is 27.7 Å². The molecule has 130 valence electrons. The van der Waals surface area contributed by atoms with Gasteiger partial charge in [0.2, 0.25) is 5.78 Å². The summed E-state index contributed by atoms with van der Waals surface area (Å²) in [6.45, 7) is 7.79. The van der Waals surface area contributed by atoms with E-state index in [9.17, 15) is 14.9 Å². The fourth-order valence-corrected chi connectivity index (χ4v) is 3.18. The average molecular weight is 360 g/mol. The molecule has 1 aliphatic heterocycles. The average Bonchev–Trinajstić information content (AvgIpc) is 3.10. The summed E-state index contributed by atoms with van der Waals surface area (Å²) in [6, 6.07) is 5.60. The number of nitrogens with zero attached hydrogens (tertiary/aromatic N) is 2. The van der Waals surface area contributed by atoms with Crippen LogP contribution in [0.3, 0.4) is 0 Å². The molecule has 3 rings (SSSR count). The van der Waals surface area contributed by atoms with Crippen molar-refractivity contribution in [2.45, 2.75) is 38.9 Å². The van der Waals surface area contributed by atoms with Gasteiger partial charge >= 0.3 is 7.12 Å². The number of aromatic nitrogens is 1. The van der Waals surface area contributed by atoms with Crippen molar-refractivity contribution in [3.05, 3.63) is 51.1 Å². The lowest BCUT2D eigenvalue weighted by Crippen LogP contribution is -2.41. The molecule has 9 heteroatoms. The quantitative estimate of drug-likeness (QED) is 0.360. The first-order chi connectivity index (χ1) is 11.6. The van der Waals surface area contributed by atoms with Gasteiger partial charge < -0.3 is 9.31 Å². The second-order valence-corrected chi connectivity index (χ2v) is 7.85. The van der Waals surface area contributed by atoms with Gasteiger partial charge in [0.25, 0.3) is 5.69 Å². The van der Waals surface area contributed by atoms with Crippen LogP contribution < -0.4 is 4.78 Å². The number of ketones is 1. The van der Waals surface area contributed by atoms with Crippen molar-refractivity contribution in [1.29, 1.82) is 0 Å². The number of hydrogen-bond donors (Lipinski definition) is 0. The SMILES string of the molecule is CC1(C)OB(c2cnc(C(=O)c3cccc([N+](=O)[O-])c3)s2)OC1(C)C.